The molecule has 0 atom stereocenters. The average molecular weight is 452 g/mol. The summed E-state index contributed by atoms with van der Waals surface area (Å²) in [6.07, 6.45) is 0. The van der Waals surface area contributed by atoms with Gasteiger partial charge in [0.05, 0.1) is 28.6 Å². The molecule has 7 nitrogen and oxygen atoms in total. The Bertz CT molecular complexity index is 976. The zero-order valence-corrected chi connectivity index (χ0v) is 18.5. The highest BCUT2D eigenvalue weighted by atomic mass is 35.5. The minimum atomic E-state index is -3.47. The molecule has 9 heteroatoms. The number of piperazine rings is 1. The third kappa shape index (κ3) is 5.44. The summed E-state index contributed by atoms with van der Waals surface area (Å²) in [4.78, 5) is 14.5. The first-order chi connectivity index (χ1) is 14.4. The molecule has 0 bridgehead atoms. The van der Waals surface area contributed by atoms with E-state index in [0.717, 1.165) is 5.69 Å². The number of benzene rings is 2. The fraction of sp³-hybridized carbons (Fsp3) is 0.381. The Morgan fingerprint density at radius 1 is 1.07 bits per heavy atom. The number of para-hydroxylation sites is 2. The summed E-state index contributed by atoms with van der Waals surface area (Å²) in [5.41, 5.74) is 1.31. The minimum Gasteiger partial charge on any atom is -0.493 e. The van der Waals surface area contributed by atoms with Gasteiger partial charge in [-0.25, -0.2) is 8.42 Å². The number of rotatable bonds is 8. The van der Waals surface area contributed by atoms with Crippen LogP contribution in [0.3, 0.4) is 0 Å². The van der Waals surface area contributed by atoms with E-state index in [9.17, 15) is 13.2 Å². The Kier molecular flexibility index (Phi) is 7.58. The molecule has 0 unspecified atom stereocenters. The maximum absolute atomic E-state index is 12.7. The van der Waals surface area contributed by atoms with Crippen molar-refractivity contribution in [2.75, 3.05) is 50.0 Å². The van der Waals surface area contributed by atoms with E-state index in [0.29, 0.717) is 49.1 Å². The number of sulfonamides is 1. The van der Waals surface area contributed by atoms with E-state index < -0.39 is 10.0 Å². The highest BCUT2D eigenvalue weighted by Gasteiger charge is 2.27. The van der Waals surface area contributed by atoms with Gasteiger partial charge < -0.3 is 15.0 Å². The number of anilines is 1. The molecule has 162 valence electrons. The summed E-state index contributed by atoms with van der Waals surface area (Å²) >= 11 is 6.24. The lowest BCUT2D eigenvalue weighted by Crippen LogP contribution is -2.50. The summed E-state index contributed by atoms with van der Waals surface area (Å²) < 4.78 is 32.3. The number of amides is 1. The molecule has 2 aromatic rings. The molecule has 0 aliphatic carbocycles. The van der Waals surface area contributed by atoms with E-state index in [4.69, 9.17) is 16.3 Å². The molecule has 0 aromatic heterocycles. The Morgan fingerprint density at radius 2 is 1.73 bits per heavy atom. The zero-order valence-electron chi connectivity index (χ0n) is 16.9. The monoisotopic (exact) mass is 451 g/mol. The highest BCUT2D eigenvalue weighted by Crippen LogP contribution is 2.26. The molecule has 1 aliphatic heterocycles. The molecule has 0 spiro atoms. The van der Waals surface area contributed by atoms with Crippen LogP contribution in [-0.4, -0.2) is 63.7 Å². The summed E-state index contributed by atoms with van der Waals surface area (Å²) in [5.74, 6) is -0.0180. The third-order valence-corrected chi connectivity index (χ3v) is 7.09. The molecule has 1 saturated heterocycles. The summed E-state index contributed by atoms with van der Waals surface area (Å²) in [6.45, 7) is 4.22. The Morgan fingerprint density at radius 3 is 2.43 bits per heavy atom. The van der Waals surface area contributed by atoms with Crippen LogP contribution in [0, 0.1) is 0 Å². The Labute approximate surface area is 182 Å². The van der Waals surface area contributed by atoms with Crippen molar-refractivity contribution in [3.63, 3.8) is 0 Å². The van der Waals surface area contributed by atoms with Gasteiger partial charge in [0.2, 0.25) is 10.0 Å². The molecular formula is C21H26ClN3O4S. The van der Waals surface area contributed by atoms with Crippen molar-refractivity contribution in [2.45, 2.75) is 6.92 Å². The van der Waals surface area contributed by atoms with Crippen LogP contribution < -0.4 is 15.0 Å². The largest absolute Gasteiger partial charge is 0.493 e. The number of hydrogen-bond donors (Lipinski definition) is 1. The maximum Gasteiger partial charge on any atom is 0.255 e. The summed E-state index contributed by atoms with van der Waals surface area (Å²) in [6, 6.07) is 14.4. The molecule has 1 amide bonds. The second-order valence-corrected chi connectivity index (χ2v) is 9.33. The van der Waals surface area contributed by atoms with Gasteiger partial charge in [0.15, 0.2) is 0 Å². The number of carbonyl (C=O) groups excluding carboxylic acids is 1. The first-order valence-electron chi connectivity index (χ1n) is 9.89. The molecule has 3 rings (SSSR count). The van der Waals surface area contributed by atoms with Gasteiger partial charge in [-0.1, -0.05) is 35.9 Å². The average Bonchev–Trinajstić information content (AvgIpc) is 2.75. The molecular weight excluding hydrogens is 426 g/mol. The number of halogens is 1. The van der Waals surface area contributed by atoms with Crippen molar-refractivity contribution in [2.24, 2.45) is 0 Å². The molecule has 1 N–H and O–H groups in total. The van der Waals surface area contributed by atoms with E-state index in [1.165, 1.54) is 4.31 Å². The Hall–Kier alpha value is -2.29. The molecule has 30 heavy (non-hydrogen) atoms. The fourth-order valence-corrected chi connectivity index (χ4v) is 4.96. The lowest BCUT2D eigenvalue weighted by molar-refractivity contribution is 0.0952. The van der Waals surface area contributed by atoms with E-state index in [1.54, 1.807) is 24.3 Å². The summed E-state index contributed by atoms with van der Waals surface area (Å²) in [5, 5.41) is 3.34. The number of nitrogens with one attached hydrogen (secondary N) is 1. The van der Waals surface area contributed by atoms with Crippen LogP contribution in [0.4, 0.5) is 5.69 Å². The third-order valence-electron chi connectivity index (χ3n) is 4.90. The first-order valence-corrected chi connectivity index (χ1v) is 11.9. The van der Waals surface area contributed by atoms with Crippen molar-refractivity contribution < 1.29 is 17.9 Å². The van der Waals surface area contributed by atoms with Crippen LogP contribution in [-0.2, 0) is 10.0 Å². The normalized spacial score (nSPS) is 15.1. The molecule has 0 radical (unpaired) electrons. The number of ether oxygens (including phenoxy) is 1. The molecule has 1 aliphatic rings. The SMILES string of the molecule is CCOc1ccccc1C(=O)NCCS(=O)(=O)N1CCN(c2ccccc2Cl)CC1. The van der Waals surface area contributed by atoms with Crippen molar-refractivity contribution >= 4 is 33.2 Å². The molecule has 0 saturated carbocycles. The fourth-order valence-electron chi connectivity index (χ4n) is 3.37. The highest BCUT2D eigenvalue weighted by molar-refractivity contribution is 7.89. The molecule has 2 aromatic carbocycles. The van der Waals surface area contributed by atoms with Crippen molar-refractivity contribution in [1.29, 1.82) is 0 Å². The quantitative estimate of drug-likeness (QED) is 0.667. The smallest absolute Gasteiger partial charge is 0.255 e. The predicted molar refractivity (Wildman–Crippen MR) is 119 cm³/mol. The standard InChI is InChI=1S/C21H26ClN3O4S/c1-2-29-20-10-6-3-7-17(20)21(26)23-11-16-30(27,28)25-14-12-24(13-15-25)19-9-5-4-8-18(19)22/h3-10H,2,11-16H2,1H3,(H,23,26). The van der Waals surface area contributed by atoms with Crippen LogP contribution in [0.25, 0.3) is 0 Å². The predicted octanol–water partition coefficient (Wildman–Crippen LogP) is 2.62. The minimum absolute atomic E-state index is 0.0341. The molecule has 1 heterocycles. The van der Waals surface area contributed by atoms with Gasteiger partial charge in [-0.3, -0.25) is 4.79 Å². The lowest BCUT2D eigenvalue weighted by atomic mass is 10.2. The summed E-state index contributed by atoms with van der Waals surface area (Å²) in [7, 11) is -3.47. The second-order valence-electron chi connectivity index (χ2n) is 6.84. The Balaban J connectivity index is 1.52. The van der Waals surface area contributed by atoms with E-state index in [1.807, 2.05) is 31.2 Å². The number of hydrogen-bond acceptors (Lipinski definition) is 5. The zero-order chi connectivity index (χ0) is 21.6. The van der Waals surface area contributed by atoms with Gasteiger partial charge in [0.1, 0.15) is 5.75 Å². The lowest BCUT2D eigenvalue weighted by Gasteiger charge is -2.35. The van der Waals surface area contributed by atoms with Gasteiger partial charge >= 0.3 is 0 Å². The van der Waals surface area contributed by atoms with Crippen molar-refractivity contribution in [3.05, 3.63) is 59.1 Å². The van der Waals surface area contributed by atoms with Gasteiger partial charge in [0, 0.05) is 32.7 Å². The van der Waals surface area contributed by atoms with E-state index >= 15 is 0 Å². The topological polar surface area (TPSA) is 78.9 Å². The van der Waals surface area contributed by atoms with Gasteiger partial charge in [-0.2, -0.15) is 4.31 Å². The van der Waals surface area contributed by atoms with Crippen LogP contribution in [0.1, 0.15) is 17.3 Å². The second kappa shape index (κ2) is 10.1. The van der Waals surface area contributed by atoms with Crippen LogP contribution in [0.5, 0.6) is 5.75 Å². The first kappa shape index (κ1) is 22.4. The number of nitrogens with zero attached hydrogens (tertiary/aromatic N) is 2. The van der Waals surface area contributed by atoms with Crippen LogP contribution in [0.15, 0.2) is 48.5 Å². The van der Waals surface area contributed by atoms with Crippen molar-refractivity contribution in [3.8, 4) is 5.75 Å². The van der Waals surface area contributed by atoms with Crippen LogP contribution >= 0.6 is 11.6 Å². The maximum atomic E-state index is 12.7. The van der Waals surface area contributed by atoms with Gasteiger partial charge in [-0.05, 0) is 31.2 Å². The van der Waals surface area contributed by atoms with Crippen LogP contribution in [0.2, 0.25) is 5.02 Å². The number of carbonyl (C=O) groups is 1. The molecule has 1 fully saturated rings. The van der Waals surface area contributed by atoms with E-state index in [-0.39, 0.29) is 18.2 Å². The van der Waals surface area contributed by atoms with E-state index in [2.05, 4.69) is 10.2 Å². The van der Waals surface area contributed by atoms with Crippen molar-refractivity contribution in [1.82, 2.24) is 9.62 Å². The van der Waals surface area contributed by atoms with Gasteiger partial charge in [0.25, 0.3) is 5.91 Å². The van der Waals surface area contributed by atoms with Gasteiger partial charge in [-0.15, -0.1) is 0 Å².